The number of halogens is 1. The minimum absolute atomic E-state index is 0.350. The highest BCUT2D eigenvalue weighted by Gasteiger charge is 2.31. The van der Waals surface area contributed by atoms with E-state index in [1.165, 1.54) is 0 Å². The Morgan fingerprint density at radius 3 is 3.00 bits per heavy atom. The van der Waals surface area contributed by atoms with Crippen molar-refractivity contribution in [3.63, 3.8) is 0 Å². The molecule has 15 heavy (non-hydrogen) atoms. The molecule has 0 aliphatic carbocycles. The van der Waals surface area contributed by atoms with E-state index in [-0.39, 0.29) is 0 Å². The second kappa shape index (κ2) is 4.30. The molecular formula is C9H12ClN3O2. The van der Waals surface area contributed by atoms with Gasteiger partial charge in [0.05, 0.1) is 6.61 Å². The van der Waals surface area contributed by atoms with Crippen molar-refractivity contribution in [3.05, 3.63) is 17.3 Å². The summed E-state index contributed by atoms with van der Waals surface area (Å²) in [5, 5.41) is 20.8. The Bertz CT molecular complexity index is 325. The fraction of sp³-hybridized carbons (Fsp3) is 0.556. The summed E-state index contributed by atoms with van der Waals surface area (Å²) >= 11 is 5.60. The smallest absolute Gasteiger partial charge is 0.151 e. The number of nitrogens with one attached hydrogen (secondary N) is 1. The molecule has 0 saturated carbocycles. The number of aromatic nitrogens is 2. The lowest BCUT2D eigenvalue weighted by Gasteiger charge is -2.20. The van der Waals surface area contributed by atoms with E-state index in [9.17, 15) is 5.11 Å². The first-order valence-electron chi connectivity index (χ1n) is 4.71. The maximum absolute atomic E-state index is 9.95. The van der Waals surface area contributed by atoms with E-state index in [1.54, 1.807) is 12.1 Å². The van der Waals surface area contributed by atoms with E-state index in [0.29, 0.717) is 37.2 Å². The quantitative estimate of drug-likeness (QED) is 0.799. The number of hydrogen-bond acceptors (Lipinski definition) is 5. The van der Waals surface area contributed by atoms with Gasteiger partial charge in [0.1, 0.15) is 11.4 Å². The molecule has 2 rings (SSSR count). The number of hydrogen-bond donors (Lipinski definition) is 2. The lowest BCUT2D eigenvalue weighted by Crippen LogP contribution is -2.37. The molecule has 1 saturated heterocycles. The van der Waals surface area contributed by atoms with Crippen LogP contribution < -0.4 is 5.32 Å². The van der Waals surface area contributed by atoms with Crippen molar-refractivity contribution in [2.24, 2.45) is 0 Å². The van der Waals surface area contributed by atoms with Crippen molar-refractivity contribution in [3.8, 4) is 0 Å². The van der Waals surface area contributed by atoms with Gasteiger partial charge in [0.25, 0.3) is 0 Å². The summed E-state index contributed by atoms with van der Waals surface area (Å²) in [7, 11) is 0. The van der Waals surface area contributed by atoms with Crippen LogP contribution in [-0.2, 0) is 4.74 Å². The molecule has 2 heterocycles. The average Bonchev–Trinajstić information content (AvgIpc) is 2.65. The van der Waals surface area contributed by atoms with Crippen LogP contribution in [0.4, 0.5) is 5.82 Å². The van der Waals surface area contributed by atoms with E-state index in [2.05, 4.69) is 15.5 Å². The van der Waals surface area contributed by atoms with Crippen LogP contribution in [0.3, 0.4) is 0 Å². The zero-order valence-corrected chi connectivity index (χ0v) is 8.87. The van der Waals surface area contributed by atoms with Gasteiger partial charge in [0.15, 0.2) is 5.15 Å². The molecule has 0 bridgehead atoms. The summed E-state index contributed by atoms with van der Waals surface area (Å²) < 4.78 is 5.12. The van der Waals surface area contributed by atoms with Crippen molar-refractivity contribution >= 4 is 17.4 Å². The third-order valence-electron chi connectivity index (χ3n) is 2.31. The second-order valence-corrected chi connectivity index (χ2v) is 4.01. The molecule has 1 aliphatic rings. The van der Waals surface area contributed by atoms with E-state index >= 15 is 0 Å². The van der Waals surface area contributed by atoms with Crippen molar-refractivity contribution in [2.75, 3.05) is 25.1 Å². The van der Waals surface area contributed by atoms with Gasteiger partial charge in [0.2, 0.25) is 0 Å². The fourth-order valence-corrected chi connectivity index (χ4v) is 1.50. The Hall–Kier alpha value is -0.910. The standard InChI is InChI=1S/C9H12ClN3O2/c10-7-1-2-8(13-12-7)11-5-9(14)3-4-15-6-9/h1-2,14H,3-6H2,(H,11,13). The molecule has 0 amide bonds. The lowest BCUT2D eigenvalue weighted by atomic mass is 10.0. The number of ether oxygens (including phenoxy) is 1. The van der Waals surface area contributed by atoms with E-state index < -0.39 is 5.60 Å². The van der Waals surface area contributed by atoms with Crippen molar-refractivity contribution in [1.82, 2.24) is 10.2 Å². The van der Waals surface area contributed by atoms with Gasteiger partial charge in [-0.25, -0.2) is 0 Å². The first kappa shape index (κ1) is 10.6. The zero-order valence-electron chi connectivity index (χ0n) is 8.11. The van der Waals surface area contributed by atoms with Crippen LogP contribution in [-0.4, -0.2) is 40.7 Å². The molecule has 1 aromatic rings. The molecule has 5 nitrogen and oxygen atoms in total. The van der Waals surface area contributed by atoms with Gasteiger partial charge in [-0.05, 0) is 12.1 Å². The maximum atomic E-state index is 9.95. The number of aliphatic hydroxyl groups is 1. The van der Waals surface area contributed by atoms with Gasteiger partial charge in [0, 0.05) is 19.6 Å². The maximum Gasteiger partial charge on any atom is 0.151 e. The highest BCUT2D eigenvalue weighted by atomic mass is 35.5. The van der Waals surface area contributed by atoms with Crippen molar-refractivity contribution < 1.29 is 9.84 Å². The molecule has 1 aromatic heterocycles. The Kier molecular flexibility index (Phi) is 3.04. The normalized spacial score (nSPS) is 25.5. The lowest BCUT2D eigenvalue weighted by molar-refractivity contribution is 0.0381. The Morgan fingerprint density at radius 1 is 1.53 bits per heavy atom. The molecule has 1 atom stereocenters. The number of rotatable bonds is 3. The van der Waals surface area contributed by atoms with E-state index in [4.69, 9.17) is 16.3 Å². The fourth-order valence-electron chi connectivity index (χ4n) is 1.40. The predicted octanol–water partition coefficient (Wildman–Crippen LogP) is 0.693. The number of anilines is 1. The molecule has 2 N–H and O–H groups in total. The average molecular weight is 230 g/mol. The number of nitrogens with zero attached hydrogens (tertiary/aromatic N) is 2. The van der Waals surface area contributed by atoms with Crippen molar-refractivity contribution in [2.45, 2.75) is 12.0 Å². The highest BCUT2D eigenvalue weighted by molar-refractivity contribution is 6.29. The third kappa shape index (κ3) is 2.77. The van der Waals surface area contributed by atoms with E-state index in [0.717, 1.165) is 0 Å². The first-order valence-corrected chi connectivity index (χ1v) is 5.09. The van der Waals surface area contributed by atoms with Crippen LogP contribution in [0, 0.1) is 0 Å². The van der Waals surface area contributed by atoms with Crippen LogP contribution in [0.5, 0.6) is 0 Å². The molecule has 82 valence electrons. The Balaban J connectivity index is 1.90. The van der Waals surface area contributed by atoms with E-state index in [1.807, 2.05) is 0 Å². The molecule has 0 spiro atoms. The van der Waals surface area contributed by atoms with Crippen LogP contribution >= 0.6 is 11.6 Å². The van der Waals surface area contributed by atoms with Gasteiger partial charge in [-0.1, -0.05) is 11.6 Å². The largest absolute Gasteiger partial charge is 0.386 e. The molecule has 1 aliphatic heterocycles. The van der Waals surface area contributed by atoms with Crippen LogP contribution in [0.15, 0.2) is 12.1 Å². The molecule has 0 radical (unpaired) electrons. The topological polar surface area (TPSA) is 67.3 Å². The van der Waals surface area contributed by atoms with Gasteiger partial charge in [-0.3, -0.25) is 0 Å². The summed E-state index contributed by atoms with van der Waals surface area (Å²) in [6, 6.07) is 3.36. The third-order valence-corrected chi connectivity index (χ3v) is 2.51. The van der Waals surface area contributed by atoms with Gasteiger partial charge < -0.3 is 15.2 Å². The summed E-state index contributed by atoms with van der Waals surface area (Å²) in [6.07, 6.45) is 0.640. The minimum Gasteiger partial charge on any atom is -0.386 e. The summed E-state index contributed by atoms with van der Waals surface area (Å²) in [5.41, 5.74) is -0.790. The molecule has 1 fully saturated rings. The van der Waals surface area contributed by atoms with Gasteiger partial charge in [-0.2, -0.15) is 0 Å². The molecule has 1 unspecified atom stereocenters. The molecule has 6 heteroatoms. The van der Waals surface area contributed by atoms with Crippen LogP contribution in [0.1, 0.15) is 6.42 Å². The highest BCUT2D eigenvalue weighted by Crippen LogP contribution is 2.18. The summed E-state index contributed by atoms with van der Waals surface area (Å²) in [4.78, 5) is 0. The summed E-state index contributed by atoms with van der Waals surface area (Å²) in [6.45, 7) is 1.37. The summed E-state index contributed by atoms with van der Waals surface area (Å²) in [5.74, 6) is 0.597. The molecule has 0 aromatic carbocycles. The Morgan fingerprint density at radius 2 is 2.40 bits per heavy atom. The second-order valence-electron chi connectivity index (χ2n) is 3.62. The monoisotopic (exact) mass is 229 g/mol. The van der Waals surface area contributed by atoms with Crippen LogP contribution in [0.2, 0.25) is 5.15 Å². The van der Waals surface area contributed by atoms with Crippen molar-refractivity contribution in [1.29, 1.82) is 0 Å². The molecular weight excluding hydrogens is 218 g/mol. The first-order chi connectivity index (χ1) is 7.18. The predicted molar refractivity (Wildman–Crippen MR) is 55.9 cm³/mol. The zero-order chi connectivity index (χ0) is 10.7. The van der Waals surface area contributed by atoms with Gasteiger partial charge >= 0.3 is 0 Å². The van der Waals surface area contributed by atoms with Gasteiger partial charge in [-0.15, -0.1) is 10.2 Å². The minimum atomic E-state index is -0.790. The van der Waals surface area contributed by atoms with Crippen LogP contribution in [0.25, 0.3) is 0 Å². The Labute approximate surface area is 92.4 Å². The SMILES string of the molecule is OC1(CNc2ccc(Cl)nn2)CCOC1.